The van der Waals surface area contributed by atoms with Crippen molar-refractivity contribution in [2.24, 2.45) is 0 Å². The topological polar surface area (TPSA) is 90.3 Å². The highest BCUT2D eigenvalue weighted by Crippen LogP contribution is 2.30. The number of halogens is 1. The van der Waals surface area contributed by atoms with Gasteiger partial charge in [0.1, 0.15) is 11.5 Å². The second-order valence-corrected chi connectivity index (χ2v) is 10.3. The molecule has 1 amide bonds. The molecule has 3 aromatic rings. The fraction of sp³-hybridized carbons (Fsp3) is 0.292. The third-order valence-electron chi connectivity index (χ3n) is 5.44. The van der Waals surface area contributed by atoms with Crippen LogP contribution in [0.5, 0.6) is 0 Å². The number of amides is 1. The molecule has 9 heteroatoms. The zero-order valence-electron chi connectivity index (χ0n) is 19.4. The predicted octanol–water partition coefficient (Wildman–Crippen LogP) is 2.28. The molecule has 2 aromatic carbocycles. The van der Waals surface area contributed by atoms with Crippen LogP contribution in [-0.4, -0.2) is 62.8 Å². The smallest absolute Gasteiger partial charge is 0.270 e. The van der Waals surface area contributed by atoms with Gasteiger partial charge in [0.05, 0.1) is 18.0 Å². The van der Waals surface area contributed by atoms with E-state index in [1.54, 1.807) is 42.9 Å². The van der Waals surface area contributed by atoms with Crippen LogP contribution in [0.1, 0.15) is 21.6 Å². The molecular weight excluding hydrogens is 443 g/mol. The predicted molar refractivity (Wildman–Crippen MR) is 127 cm³/mol. The van der Waals surface area contributed by atoms with E-state index >= 15 is 0 Å². The Morgan fingerprint density at radius 3 is 2.27 bits per heavy atom. The largest absolute Gasteiger partial charge is 0.354 e. The molecule has 0 aliphatic heterocycles. The second-order valence-electron chi connectivity index (χ2n) is 8.18. The van der Waals surface area contributed by atoms with E-state index in [2.05, 4.69) is 5.73 Å². The van der Waals surface area contributed by atoms with Crippen molar-refractivity contribution < 1.29 is 23.3 Å². The Morgan fingerprint density at radius 2 is 1.70 bits per heavy atom. The van der Waals surface area contributed by atoms with Crippen molar-refractivity contribution in [3.63, 3.8) is 0 Å². The van der Waals surface area contributed by atoms with Crippen LogP contribution in [0.15, 0.2) is 65.3 Å². The van der Waals surface area contributed by atoms with Crippen LogP contribution < -0.4 is 5.73 Å². The van der Waals surface area contributed by atoms with Crippen LogP contribution in [0, 0.1) is 0 Å². The number of benzene rings is 2. The van der Waals surface area contributed by atoms with Gasteiger partial charge in [-0.2, -0.15) is 0 Å². The van der Waals surface area contributed by atoms with Gasteiger partial charge < -0.3 is 15.2 Å². The number of sulfonamides is 1. The summed E-state index contributed by atoms with van der Waals surface area (Å²) in [5.74, 6) is -0.584. The van der Waals surface area contributed by atoms with Crippen molar-refractivity contribution in [2.45, 2.75) is 17.9 Å². The molecule has 0 radical (unpaired) electrons. The highest BCUT2D eigenvalue weighted by atomic mass is 32.2. The molecule has 0 aliphatic carbocycles. The number of allylic oxidation sites excluding steroid dienone is 1. The number of carbonyl (C=O) groups excluding carboxylic acids is 1. The number of hydrogen-bond donors (Lipinski definition) is 1. The Balaban J connectivity index is 2.15. The maximum absolute atomic E-state index is 14.5. The molecule has 1 heterocycles. The number of fused-ring (bicyclic) bond motifs is 1. The molecule has 1 aromatic heterocycles. The van der Waals surface area contributed by atoms with Gasteiger partial charge in [-0.05, 0) is 29.3 Å². The van der Waals surface area contributed by atoms with Gasteiger partial charge in [0, 0.05) is 51.6 Å². The van der Waals surface area contributed by atoms with E-state index in [0.717, 1.165) is 26.3 Å². The van der Waals surface area contributed by atoms with E-state index in [1.165, 1.54) is 25.1 Å². The maximum Gasteiger partial charge on any atom is 0.270 e. The van der Waals surface area contributed by atoms with E-state index in [1.807, 2.05) is 24.3 Å². The van der Waals surface area contributed by atoms with Gasteiger partial charge >= 0.3 is 0 Å². The van der Waals surface area contributed by atoms with E-state index in [0.29, 0.717) is 18.7 Å². The molecule has 0 spiro atoms. The zero-order valence-corrected chi connectivity index (χ0v) is 20.2. The van der Waals surface area contributed by atoms with Gasteiger partial charge in [-0.1, -0.05) is 30.3 Å². The monoisotopic (exact) mass is 473 g/mol. The van der Waals surface area contributed by atoms with E-state index < -0.39 is 10.0 Å². The summed E-state index contributed by atoms with van der Waals surface area (Å²) in [6, 6.07) is 14.1. The maximum atomic E-state index is 14.5. The van der Waals surface area contributed by atoms with Crippen LogP contribution in [0.3, 0.4) is 0 Å². The van der Waals surface area contributed by atoms with Crippen molar-refractivity contribution in [2.75, 3.05) is 34.7 Å². The number of hydrogen-bond acceptors (Lipinski definition) is 3. The SMILES string of the molecule is CN(C)C(=O)c1c(Cc2ccc(S(=O)(=O)N(C)C)cc2)c2ccccc2n1CC(F)=CC[NH3+]. The summed E-state index contributed by atoms with van der Waals surface area (Å²) in [5, 5.41) is 0.857. The van der Waals surface area contributed by atoms with Crippen molar-refractivity contribution in [3.05, 3.63) is 77.3 Å². The van der Waals surface area contributed by atoms with Gasteiger partial charge in [-0.25, -0.2) is 17.1 Å². The minimum atomic E-state index is -3.53. The first-order valence-electron chi connectivity index (χ1n) is 10.5. The molecule has 0 bridgehead atoms. The van der Waals surface area contributed by atoms with Crippen LogP contribution in [0.25, 0.3) is 10.9 Å². The van der Waals surface area contributed by atoms with Gasteiger partial charge in [-0.15, -0.1) is 0 Å². The summed E-state index contributed by atoms with van der Waals surface area (Å²) < 4.78 is 42.2. The van der Waals surface area contributed by atoms with Crippen molar-refractivity contribution in [1.82, 2.24) is 13.8 Å². The molecule has 7 nitrogen and oxygen atoms in total. The Morgan fingerprint density at radius 1 is 1.06 bits per heavy atom. The molecule has 0 unspecified atom stereocenters. The minimum Gasteiger partial charge on any atom is -0.354 e. The number of aromatic nitrogens is 1. The first kappa shape index (κ1) is 24.6. The second kappa shape index (κ2) is 9.86. The first-order valence-corrected chi connectivity index (χ1v) is 12.0. The van der Waals surface area contributed by atoms with Gasteiger partial charge in [-0.3, -0.25) is 4.79 Å². The highest BCUT2D eigenvalue weighted by molar-refractivity contribution is 7.89. The summed E-state index contributed by atoms with van der Waals surface area (Å²) >= 11 is 0. The Kier molecular flexibility index (Phi) is 7.36. The standard InChI is InChI=1S/C24H29FN4O3S/c1-27(2)24(30)23-21(15-17-9-11-19(12-10-17)33(31,32)28(3)4)20-7-5-6-8-22(20)29(23)16-18(25)13-14-26/h5-13H,14-16,26H2,1-4H3/p+1. The Bertz CT molecular complexity index is 1290. The quantitative estimate of drug-likeness (QED) is 0.544. The van der Waals surface area contributed by atoms with Crippen LogP contribution in [0.4, 0.5) is 4.39 Å². The summed E-state index contributed by atoms with van der Waals surface area (Å²) in [7, 11) is 2.77. The van der Waals surface area contributed by atoms with E-state index in [9.17, 15) is 17.6 Å². The average molecular weight is 474 g/mol. The number of carbonyl (C=O) groups is 1. The molecule has 0 saturated heterocycles. The Labute approximate surface area is 193 Å². The molecule has 3 N–H and O–H groups in total. The lowest BCUT2D eigenvalue weighted by Crippen LogP contribution is -2.49. The number of rotatable bonds is 8. The molecule has 0 aliphatic rings. The third kappa shape index (κ3) is 5.00. The third-order valence-corrected chi connectivity index (χ3v) is 7.27. The molecule has 176 valence electrons. The fourth-order valence-corrected chi connectivity index (χ4v) is 4.64. The summed E-state index contributed by atoms with van der Waals surface area (Å²) in [6.45, 7) is 0.252. The van der Waals surface area contributed by atoms with Crippen molar-refractivity contribution in [3.8, 4) is 0 Å². The number of nitrogens with zero attached hydrogens (tertiary/aromatic N) is 3. The minimum absolute atomic E-state index is 0.0645. The lowest BCUT2D eigenvalue weighted by molar-refractivity contribution is -0.353. The number of quaternary nitrogens is 1. The fourth-order valence-electron chi connectivity index (χ4n) is 3.74. The molecule has 0 saturated carbocycles. The van der Waals surface area contributed by atoms with E-state index in [4.69, 9.17) is 0 Å². The lowest BCUT2D eigenvalue weighted by atomic mass is 10.0. The molecule has 0 atom stereocenters. The normalized spacial score (nSPS) is 12.5. The average Bonchev–Trinajstić information content (AvgIpc) is 3.06. The number of para-hydroxylation sites is 1. The highest BCUT2D eigenvalue weighted by Gasteiger charge is 2.25. The van der Waals surface area contributed by atoms with Crippen LogP contribution in [0.2, 0.25) is 0 Å². The van der Waals surface area contributed by atoms with Gasteiger partial charge in [0.15, 0.2) is 0 Å². The van der Waals surface area contributed by atoms with Crippen molar-refractivity contribution in [1.29, 1.82) is 0 Å². The van der Waals surface area contributed by atoms with Gasteiger partial charge in [0.25, 0.3) is 5.91 Å². The molecule has 0 fully saturated rings. The summed E-state index contributed by atoms with van der Waals surface area (Å²) in [6.07, 6.45) is 1.80. The molecular formula is C24H30FN4O3S+. The first-order chi connectivity index (χ1) is 15.6. The van der Waals surface area contributed by atoms with Crippen molar-refractivity contribution >= 4 is 26.8 Å². The Hall–Kier alpha value is -3.01. The summed E-state index contributed by atoms with van der Waals surface area (Å²) in [4.78, 5) is 14.9. The summed E-state index contributed by atoms with van der Waals surface area (Å²) in [5.41, 5.74) is 6.46. The molecule has 33 heavy (non-hydrogen) atoms. The van der Waals surface area contributed by atoms with Gasteiger partial charge in [0.2, 0.25) is 10.0 Å². The van der Waals surface area contributed by atoms with E-state index in [-0.39, 0.29) is 23.2 Å². The zero-order chi connectivity index (χ0) is 24.3. The molecule has 3 rings (SSSR count). The lowest BCUT2D eigenvalue weighted by Gasteiger charge is -2.16. The van der Waals surface area contributed by atoms with Crippen LogP contribution in [-0.2, 0) is 23.0 Å². The van der Waals surface area contributed by atoms with Crippen LogP contribution >= 0.6 is 0 Å².